The summed E-state index contributed by atoms with van der Waals surface area (Å²) in [7, 11) is 1.65. The zero-order chi connectivity index (χ0) is 14.5. The molecular weight excluding hydrogens is 276 g/mol. The molecule has 1 atom stereocenters. The molecule has 0 radical (unpaired) electrons. The van der Waals surface area contributed by atoms with Crippen LogP contribution in [-0.4, -0.2) is 12.2 Å². The molecule has 0 aliphatic rings. The minimum atomic E-state index is -0.549. The van der Waals surface area contributed by atoms with Gasteiger partial charge in [0.15, 0.2) is 0 Å². The average molecular weight is 293 g/mol. The summed E-state index contributed by atoms with van der Waals surface area (Å²) in [6.45, 7) is 2.23. The minimum Gasteiger partial charge on any atom is -0.456 e. The second-order valence-electron chi connectivity index (χ2n) is 4.55. The Morgan fingerprint density at radius 1 is 1.20 bits per heavy atom. The molecule has 1 N–H and O–H groups in total. The lowest BCUT2D eigenvalue weighted by atomic mass is 10.1. The van der Waals surface area contributed by atoms with Crippen LogP contribution >= 0.6 is 11.6 Å². The van der Waals surface area contributed by atoms with Gasteiger partial charge in [0.1, 0.15) is 11.5 Å². The topological polar surface area (TPSA) is 38.7 Å². The third-order valence-electron chi connectivity index (χ3n) is 2.88. The average Bonchev–Trinajstić information content (AvgIpc) is 2.42. The van der Waals surface area contributed by atoms with Gasteiger partial charge in [-0.3, -0.25) is 0 Å². The van der Waals surface area contributed by atoms with Gasteiger partial charge in [0.25, 0.3) is 0 Å². The fourth-order valence-electron chi connectivity index (χ4n) is 1.85. The Balaban J connectivity index is 2.19. The molecule has 0 aliphatic heterocycles. The van der Waals surface area contributed by atoms with Crippen molar-refractivity contribution in [1.29, 1.82) is 0 Å². The molecule has 0 aliphatic carbocycles. The number of methoxy groups -OCH3 is 1. The Morgan fingerprint density at radius 3 is 2.65 bits per heavy atom. The molecule has 4 heteroatoms. The van der Waals surface area contributed by atoms with E-state index >= 15 is 0 Å². The summed E-state index contributed by atoms with van der Waals surface area (Å²) in [6, 6.07) is 12.9. The van der Waals surface area contributed by atoms with Gasteiger partial charge >= 0.3 is 0 Å². The summed E-state index contributed by atoms with van der Waals surface area (Å²) in [4.78, 5) is 0. The van der Waals surface area contributed by atoms with E-state index in [9.17, 15) is 5.11 Å². The lowest BCUT2D eigenvalue weighted by Crippen LogP contribution is -1.93. The van der Waals surface area contributed by atoms with Crippen molar-refractivity contribution in [3.8, 4) is 11.5 Å². The molecule has 0 heterocycles. The number of hydrogen-bond acceptors (Lipinski definition) is 3. The lowest BCUT2D eigenvalue weighted by Gasteiger charge is -2.11. The smallest absolute Gasteiger partial charge is 0.146 e. The van der Waals surface area contributed by atoms with E-state index in [1.165, 1.54) is 0 Å². The first-order valence-electron chi connectivity index (χ1n) is 6.33. The quantitative estimate of drug-likeness (QED) is 0.891. The maximum atomic E-state index is 9.51. The van der Waals surface area contributed by atoms with Crippen molar-refractivity contribution in [2.45, 2.75) is 19.6 Å². The normalized spacial score (nSPS) is 12.2. The first-order valence-corrected chi connectivity index (χ1v) is 6.71. The molecule has 0 unspecified atom stereocenters. The van der Waals surface area contributed by atoms with Crippen LogP contribution < -0.4 is 4.74 Å². The molecule has 0 saturated carbocycles. The highest BCUT2D eigenvalue weighted by Crippen LogP contribution is 2.32. The highest BCUT2D eigenvalue weighted by Gasteiger charge is 2.08. The van der Waals surface area contributed by atoms with Crippen LogP contribution in [0.4, 0.5) is 0 Å². The number of benzene rings is 2. The standard InChI is InChI=1S/C16H17ClO3/c1-11(18)13-6-7-16(15(17)9-13)20-14-5-3-4-12(8-14)10-19-2/h3-9,11,18H,10H2,1-2H3/t11-/m0/s1. The maximum absolute atomic E-state index is 9.51. The van der Waals surface area contributed by atoms with Crippen LogP contribution in [0.1, 0.15) is 24.2 Å². The molecule has 3 nitrogen and oxygen atoms in total. The monoisotopic (exact) mass is 292 g/mol. The van der Waals surface area contributed by atoms with Crippen molar-refractivity contribution in [3.05, 3.63) is 58.6 Å². The Bertz CT molecular complexity index is 582. The van der Waals surface area contributed by atoms with Crippen LogP contribution in [0.3, 0.4) is 0 Å². The SMILES string of the molecule is COCc1cccc(Oc2ccc([C@H](C)O)cc2Cl)c1. The molecule has 20 heavy (non-hydrogen) atoms. The van der Waals surface area contributed by atoms with E-state index in [0.717, 1.165) is 11.1 Å². The molecule has 106 valence electrons. The fraction of sp³-hybridized carbons (Fsp3) is 0.250. The molecule has 0 spiro atoms. The lowest BCUT2D eigenvalue weighted by molar-refractivity contribution is 0.184. The molecule has 0 fully saturated rings. The number of aliphatic hydroxyl groups excluding tert-OH is 1. The fourth-order valence-corrected chi connectivity index (χ4v) is 2.08. The zero-order valence-electron chi connectivity index (χ0n) is 11.5. The van der Waals surface area contributed by atoms with E-state index in [0.29, 0.717) is 23.1 Å². The molecule has 0 aromatic heterocycles. The van der Waals surface area contributed by atoms with Crippen LogP contribution in [0.25, 0.3) is 0 Å². The Labute approximate surface area is 123 Å². The van der Waals surface area contributed by atoms with Gasteiger partial charge in [0.2, 0.25) is 0 Å². The van der Waals surface area contributed by atoms with Gasteiger partial charge in [0.05, 0.1) is 17.7 Å². The highest BCUT2D eigenvalue weighted by atomic mass is 35.5. The van der Waals surface area contributed by atoms with Crippen molar-refractivity contribution >= 4 is 11.6 Å². The van der Waals surface area contributed by atoms with E-state index in [4.69, 9.17) is 21.1 Å². The van der Waals surface area contributed by atoms with Crippen molar-refractivity contribution in [1.82, 2.24) is 0 Å². The van der Waals surface area contributed by atoms with Crippen LogP contribution in [-0.2, 0) is 11.3 Å². The number of ether oxygens (including phenoxy) is 2. The Kier molecular flexibility index (Phi) is 5.01. The second kappa shape index (κ2) is 6.75. The summed E-state index contributed by atoms with van der Waals surface area (Å²) in [6.07, 6.45) is -0.549. The highest BCUT2D eigenvalue weighted by molar-refractivity contribution is 6.32. The summed E-state index contributed by atoms with van der Waals surface area (Å²) >= 11 is 6.16. The minimum absolute atomic E-state index is 0.473. The zero-order valence-corrected chi connectivity index (χ0v) is 12.2. The van der Waals surface area contributed by atoms with Crippen molar-refractivity contribution in [3.63, 3.8) is 0 Å². The Hall–Kier alpha value is -1.55. The van der Waals surface area contributed by atoms with Crippen molar-refractivity contribution in [2.75, 3.05) is 7.11 Å². The molecule has 2 aromatic carbocycles. The van der Waals surface area contributed by atoms with Crippen molar-refractivity contribution < 1.29 is 14.6 Å². The Morgan fingerprint density at radius 2 is 2.00 bits per heavy atom. The summed E-state index contributed by atoms with van der Waals surface area (Å²) < 4.78 is 10.9. The van der Waals surface area contributed by atoms with E-state index in [2.05, 4.69) is 0 Å². The van der Waals surface area contributed by atoms with Crippen molar-refractivity contribution in [2.24, 2.45) is 0 Å². The van der Waals surface area contributed by atoms with E-state index in [1.54, 1.807) is 32.2 Å². The molecular formula is C16H17ClO3. The first-order chi connectivity index (χ1) is 9.60. The van der Waals surface area contributed by atoms with Crippen LogP contribution in [0, 0.1) is 0 Å². The van der Waals surface area contributed by atoms with Gasteiger partial charge < -0.3 is 14.6 Å². The predicted molar refractivity (Wildman–Crippen MR) is 79.3 cm³/mol. The summed E-state index contributed by atoms with van der Waals surface area (Å²) in [5.41, 5.74) is 1.79. The number of halogens is 1. The number of rotatable bonds is 5. The van der Waals surface area contributed by atoms with Crippen LogP contribution in [0.5, 0.6) is 11.5 Å². The summed E-state index contributed by atoms with van der Waals surface area (Å²) in [5, 5.41) is 9.98. The largest absolute Gasteiger partial charge is 0.456 e. The molecule has 0 bridgehead atoms. The van der Waals surface area contributed by atoms with Gasteiger partial charge in [-0.2, -0.15) is 0 Å². The van der Waals surface area contributed by atoms with Crippen LogP contribution in [0.15, 0.2) is 42.5 Å². The number of aliphatic hydroxyl groups is 1. The van der Waals surface area contributed by atoms with Gasteiger partial charge in [-0.1, -0.05) is 29.8 Å². The molecule has 2 rings (SSSR count). The van der Waals surface area contributed by atoms with Gasteiger partial charge in [-0.15, -0.1) is 0 Å². The maximum Gasteiger partial charge on any atom is 0.146 e. The number of hydrogen-bond donors (Lipinski definition) is 1. The van der Waals surface area contributed by atoms with Gasteiger partial charge in [0, 0.05) is 7.11 Å². The van der Waals surface area contributed by atoms with E-state index in [-0.39, 0.29) is 0 Å². The van der Waals surface area contributed by atoms with E-state index in [1.807, 2.05) is 24.3 Å². The van der Waals surface area contributed by atoms with Gasteiger partial charge in [-0.25, -0.2) is 0 Å². The van der Waals surface area contributed by atoms with Gasteiger partial charge in [-0.05, 0) is 42.3 Å². The summed E-state index contributed by atoms with van der Waals surface area (Å²) in [5.74, 6) is 1.26. The molecule has 0 amide bonds. The third-order valence-corrected chi connectivity index (χ3v) is 3.17. The molecule has 0 saturated heterocycles. The molecule has 2 aromatic rings. The van der Waals surface area contributed by atoms with E-state index < -0.39 is 6.10 Å². The third kappa shape index (κ3) is 3.73. The predicted octanol–water partition coefficient (Wildman–Crippen LogP) is 4.33. The van der Waals surface area contributed by atoms with Crippen LogP contribution in [0.2, 0.25) is 5.02 Å². The first kappa shape index (κ1) is 14.9. The second-order valence-corrected chi connectivity index (χ2v) is 4.96.